The summed E-state index contributed by atoms with van der Waals surface area (Å²) in [5.41, 5.74) is 3.48. The summed E-state index contributed by atoms with van der Waals surface area (Å²) in [4.78, 5) is 0. The molecule has 4 heteroatoms. The zero-order valence-corrected chi connectivity index (χ0v) is 11.4. The van der Waals surface area contributed by atoms with E-state index in [-0.39, 0.29) is 5.41 Å². The predicted molar refractivity (Wildman–Crippen MR) is 72.8 cm³/mol. The normalized spacial score (nSPS) is 11.8. The molecule has 1 heterocycles. The molecule has 0 aliphatic carbocycles. The summed E-state index contributed by atoms with van der Waals surface area (Å²) in [6.07, 6.45) is 1.95. The molecule has 18 heavy (non-hydrogen) atoms. The van der Waals surface area contributed by atoms with Crippen molar-refractivity contribution in [2.75, 3.05) is 7.05 Å². The van der Waals surface area contributed by atoms with Gasteiger partial charge in [-0.15, -0.1) is 5.10 Å². The average molecular weight is 244 g/mol. The molecule has 0 aliphatic rings. The SMILES string of the molecule is CNCc1cn(-c2ccc(C(C)(C)C)cc2)nn1. The number of nitrogens with zero attached hydrogens (tertiary/aromatic N) is 3. The van der Waals surface area contributed by atoms with Crippen LogP contribution in [0.3, 0.4) is 0 Å². The van der Waals surface area contributed by atoms with E-state index in [2.05, 4.69) is 60.7 Å². The van der Waals surface area contributed by atoms with Crippen molar-refractivity contribution in [3.8, 4) is 5.69 Å². The fraction of sp³-hybridized carbons (Fsp3) is 0.429. The second-order valence-corrected chi connectivity index (χ2v) is 5.48. The largest absolute Gasteiger partial charge is 0.314 e. The first kappa shape index (κ1) is 12.8. The highest BCUT2D eigenvalue weighted by molar-refractivity contribution is 5.36. The third-order valence-electron chi connectivity index (χ3n) is 2.90. The molecule has 2 aromatic rings. The van der Waals surface area contributed by atoms with Crippen molar-refractivity contribution in [1.29, 1.82) is 0 Å². The van der Waals surface area contributed by atoms with Gasteiger partial charge in [0.1, 0.15) is 0 Å². The van der Waals surface area contributed by atoms with Gasteiger partial charge in [0.05, 0.1) is 17.6 Å². The van der Waals surface area contributed by atoms with E-state index in [1.54, 1.807) is 4.68 Å². The van der Waals surface area contributed by atoms with Gasteiger partial charge >= 0.3 is 0 Å². The standard InChI is InChI=1S/C14H20N4/c1-14(2,3)11-5-7-13(8-6-11)18-10-12(9-15-4)16-17-18/h5-8,10,15H,9H2,1-4H3. The summed E-state index contributed by atoms with van der Waals surface area (Å²) in [5, 5.41) is 11.3. The van der Waals surface area contributed by atoms with Gasteiger partial charge in [-0.05, 0) is 30.2 Å². The lowest BCUT2D eigenvalue weighted by Crippen LogP contribution is -2.10. The highest BCUT2D eigenvalue weighted by atomic mass is 15.4. The van der Waals surface area contributed by atoms with Gasteiger partial charge in [-0.1, -0.05) is 38.1 Å². The van der Waals surface area contributed by atoms with Gasteiger partial charge in [0.25, 0.3) is 0 Å². The van der Waals surface area contributed by atoms with E-state index in [0.717, 1.165) is 17.9 Å². The first-order valence-corrected chi connectivity index (χ1v) is 6.17. The highest BCUT2D eigenvalue weighted by Crippen LogP contribution is 2.22. The molecule has 0 aliphatic heterocycles. The molecule has 0 spiro atoms. The van der Waals surface area contributed by atoms with Gasteiger partial charge in [-0.2, -0.15) is 0 Å². The third kappa shape index (κ3) is 2.76. The van der Waals surface area contributed by atoms with Crippen LogP contribution in [0.2, 0.25) is 0 Å². The Morgan fingerprint density at radius 1 is 1.17 bits per heavy atom. The van der Waals surface area contributed by atoms with E-state index in [0.29, 0.717) is 0 Å². The fourth-order valence-corrected chi connectivity index (χ4v) is 1.80. The first-order valence-electron chi connectivity index (χ1n) is 6.17. The lowest BCUT2D eigenvalue weighted by molar-refractivity contribution is 0.590. The van der Waals surface area contributed by atoms with Crippen LogP contribution in [0, 0.1) is 0 Å². The lowest BCUT2D eigenvalue weighted by atomic mass is 9.87. The van der Waals surface area contributed by atoms with E-state index in [1.165, 1.54) is 5.56 Å². The Labute approximate surface area is 108 Å². The maximum absolute atomic E-state index is 4.12. The third-order valence-corrected chi connectivity index (χ3v) is 2.90. The second-order valence-electron chi connectivity index (χ2n) is 5.48. The Balaban J connectivity index is 2.23. The summed E-state index contributed by atoms with van der Waals surface area (Å²) in [7, 11) is 1.90. The molecular formula is C14H20N4. The number of aromatic nitrogens is 3. The van der Waals surface area contributed by atoms with Crippen molar-refractivity contribution < 1.29 is 0 Å². The molecule has 4 nitrogen and oxygen atoms in total. The van der Waals surface area contributed by atoms with Crippen molar-refractivity contribution in [3.63, 3.8) is 0 Å². The van der Waals surface area contributed by atoms with Crippen molar-refractivity contribution in [1.82, 2.24) is 20.3 Å². The predicted octanol–water partition coefficient (Wildman–Crippen LogP) is 2.28. The number of hydrogen-bond acceptors (Lipinski definition) is 3. The Kier molecular flexibility index (Phi) is 3.48. The molecule has 96 valence electrons. The van der Waals surface area contributed by atoms with Crippen LogP contribution in [-0.4, -0.2) is 22.0 Å². The molecule has 0 radical (unpaired) electrons. The second kappa shape index (κ2) is 4.90. The van der Waals surface area contributed by atoms with Crippen molar-refractivity contribution >= 4 is 0 Å². The molecule has 0 atom stereocenters. The first-order chi connectivity index (χ1) is 8.50. The van der Waals surface area contributed by atoms with Gasteiger partial charge in [-0.3, -0.25) is 0 Å². The quantitative estimate of drug-likeness (QED) is 0.900. The molecule has 1 aromatic heterocycles. The van der Waals surface area contributed by atoms with Crippen LogP contribution in [0.5, 0.6) is 0 Å². The molecule has 0 bridgehead atoms. The fourth-order valence-electron chi connectivity index (χ4n) is 1.80. The van der Waals surface area contributed by atoms with Crippen LogP contribution >= 0.6 is 0 Å². The minimum atomic E-state index is 0.179. The summed E-state index contributed by atoms with van der Waals surface area (Å²) in [5.74, 6) is 0. The number of rotatable bonds is 3. The van der Waals surface area contributed by atoms with Crippen LogP contribution in [0.15, 0.2) is 30.5 Å². The Morgan fingerprint density at radius 2 is 1.83 bits per heavy atom. The number of benzene rings is 1. The van der Waals surface area contributed by atoms with Gasteiger partial charge in [0, 0.05) is 6.54 Å². The molecule has 1 aromatic carbocycles. The molecule has 0 saturated heterocycles. The van der Waals surface area contributed by atoms with E-state index in [9.17, 15) is 0 Å². The van der Waals surface area contributed by atoms with Gasteiger partial charge < -0.3 is 5.32 Å². The Morgan fingerprint density at radius 3 is 2.39 bits per heavy atom. The molecule has 0 saturated carbocycles. The van der Waals surface area contributed by atoms with E-state index < -0.39 is 0 Å². The smallest absolute Gasteiger partial charge is 0.0969 e. The topological polar surface area (TPSA) is 42.7 Å². The van der Waals surface area contributed by atoms with Gasteiger partial charge in [0.15, 0.2) is 0 Å². The maximum Gasteiger partial charge on any atom is 0.0969 e. The molecule has 0 fully saturated rings. The zero-order valence-electron chi connectivity index (χ0n) is 11.4. The summed E-state index contributed by atoms with van der Waals surface area (Å²) in [6.45, 7) is 7.37. The number of hydrogen-bond donors (Lipinski definition) is 1. The maximum atomic E-state index is 4.12. The minimum absolute atomic E-state index is 0.179. The van der Waals surface area contributed by atoms with Gasteiger partial charge in [-0.25, -0.2) is 4.68 Å². The highest BCUT2D eigenvalue weighted by Gasteiger charge is 2.13. The summed E-state index contributed by atoms with van der Waals surface area (Å²) >= 11 is 0. The molecule has 0 unspecified atom stereocenters. The molecule has 1 N–H and O–H groups in total. The van der Waals surface area contributed by atoms with E-state index in [1.807, 2.05) is 13.2 Å². The monoisotopic (exact) mass is 244 g/mol. The van der Waals surface area contributed by atoms with Crippen molar-refractivity contribution in [2.45, 2.75) is 32.7 Å². The zero-order chi connectivity index (χ0) is 13.2. The number of nitrogens with one attached hydrogen (secondary N) is 1. The van der Waals surface area contributed by atoms with Crippen LogP contribution < -0.4 is 5.32 Å². The van der Waals surface area contributed by atoms with Crippen LogP contribution in [0.4, 0.5) is 0 Å². The van der Waals surface area contributed by atoms with E-state index >= 15 is 0 Å². The van der Waals surface area contributed by atoms with Crippen LogP contribution in [0.1, 0.15) is 32.0 Å². The molecule has 2 rings (SSSR count). The van der Waals surface area contributed by atoms with Gasteiger partial charge in [0.2, 0.25) is 0 Å². The van der Waals surface area contributed by atoms with Crippen molar-refractivity contribution in [3.05, 3.63) is 41.7 Å². The van der Waals surface area contributed by atoms with Crippen molar-refractivity contribution in [2.24, 2.45) is 0 Å². The summed E-state index contributed by atoms with van der Waals surface area (Å²) in [6, 6.07) is 8.46. The van der Waals surface area contributed by atoms with Crippen LogP contribution in [-0.2, 0) is 12.0 Å². The minimum Gasteiger partial charge on any atom is -0.314 e. The Hall–Kier alpha value is -1.68. The average Bonchev–Trinajstić information content (AvgIpc) is 2.77. The Bertz CT molecular complexity index is 505. The molecular weight excluding hydrogens is 224 g/mol. The van der Waals surface area contributed by atoms with E-state index in [4.69, 9.17) is 0 Å². The molecule has 0 amide bonds. The van der Waals surface area contributed by atoms with Crippen LogP contribution in [0.25, 0.3) is 5.69 Å². The lowest BCUT2D eigenvalue weighted by Gasteiger charge is -2.18. The summed E-state index contributed by atoms with van der Waals surface area (Å²) < 4.78 is 1.80.